The highest BCUT2D eigenvalue weighted by atomic mass is 32.2. The van der Waals surface area contributed by atoms with Gasteiger partial charge in [-0.1, -0.05) is 30.3 Å². The Bertz CT molecular complexity index is 1400. The van der Waals surface area contributed by atoms with Gasteiger partial charge in [-0.25, -0.2) is 21.9 Å². The summed E-state index contributed by atoms with van der Waals surface area (Å²) in [7, 11) is -1.24. The summed E-state index contributed by atoms with van der Waals surface area (Å²) in [6, 6.07) is 15.3. The van der Waals surface area contributed by atoms with Gasteiger partial charge in [0.1, 0.15) is 16.5 Å². The van der Waals surface area contributed by atoms with Gasteiger partial charge in [0.05, 0.1) is 14.2 Å². The molecule has 0 amide bonds. The molecule has 0 aliphatic carbocycles. The molecule has 4 rings (SSSR count). The highest BCUT2D eigenvalue weighted by molar-refractivity contribution is 7.89. The van der Waals surface area contributed by atoms with Gasteiger partial charge in [-0.2, -0.15) is 0 Å². The largest absolute Gasteiger partial charge is 0.493 e. The van der Waals surface area contributed by atoms with E-state index in [2.05, 4.69) is 9.71 Å². The molecule has 33 heavy (non-hydrogen) atoms. The van der Waals surface area contributed by atoms with Crippen molar-refractivity contribution in [2.45, 2.75) is 10.8 Å². The third-order valence-corrected chi connectivity index (χ3v) is 6.92. The summed E-state index contributed by atoms with van der Waals surface area (Å²) in [6.07, 6.45) is 1.81. The molecule has 6 nitrogen and oxygen atoms in total. The van der Waals surface area contributed by atoms with Gasteiger partial charge >= 0.3 is 0 Å². The van der Waals surface area contributed by atoms with Crippen LogP contribution in [-0.2, 0) is 10.0 Å². The Labute approximate surface area is 190 Å². The summed E-state index contributed by atoms with van der Waals surface area (Å²) in [6.45, 7) is -0.107. The van der Waals surface area contributed by atoms with Crippen molar-refractivity contribution in [3.05, 3.63) is 89.6 Å². The Kier molecular flexibility index (Phi) is 6.35. The lowest BCUT2D eigenvalue weighted by Crippen LogP contribution is -2.30. The molecule has 1 unspecified atom stereocenters. The Morgan fingerprint density at radius 3 is 2.48 bits per heavy atom. The van der Waals surface area contributed by atoms with Gasteiger partial charge in [0, 0.05) is 41.2 Å². The minimum absolute atomic E-state index is 0.107. The van der Waals surface area contributed by atoms with Crippen LogP contribution < -0.4 is 14.2 Å². The maximum Gasteiger partial charge on any atom is 0.243 e. The highest BCUT2D eigenvalue weighted by Gasteiger charge is 2.27. The number of hydrogen-bond donors (Lipinski definition) is 2. The molecule has 9 heteroatoms. The van der Waals surface area contributed by atoms with Crippen molar-refractivity contribution in [1.29, 1.82) is 0 Å². The number of fused-ring (bicyclic) bond motifs is 1. The molecule has 0 aliphatic heterocycles. The van der Waals surface area contributed by atoms with E-state index < -0.39 is 32.5 Å². The SMILES string of the molecule is COc1cccc(C(CNS(=O)(=O)c2ccc(F)cc2F)c2c[nH]c3ccccc23)c1OC. The molecule has 0 aliphatic rings. The van der Waals surface area contributed by atoms with Crippen molar-refractivity contribution in [1.82, 2.24) is 9.71 Å². The van der Waals surface area contributed by atoms with Gasteiger partial charge in [0.2, 0.25) is 10.0 Å². The van der Waals surface area contributed by atoms with Gasteiger partial charge in [0.15, 0.2) is 11.5 Å². The predicted molar refractivity (Wildman–Crippen MR) is 121 cm³/mol. The molecule has 1 atom stereocenters. The van der Waals surface area contributed by atoms with Gasteiger partial charge < -0.3 is 14.5 Å². The van der Waals surface area contributed by atoms with Gasteiger partial charge in [-0.05, 0) is 29.8 Å². The lowest BCUT2D eigenvalue weighted by molar-refractivity contribution is 0.350. The summed E-state index contributed by atoms with van der Waals surface area (Å²) >= 11 is 0. The average Bonchev–Trinajstić information content (AvgIpc) is 3.22. The minimum Gasteiger partial charge on any atom is -0.493 e. The monoisotopic (exact) mass is 472 g/mol. The molecule has 0 saturated heterocycles. The number of para-hydroxylation sites is 2. The molecule has 1 heterocycles. The molecule has 0 spiro atoms. The Morgan fingerprint density at radius 2 is 1.76 bits per heavy atom. The van der Waals surface area contributed by atoms with Crippen molar-refractivity contribution in [2.75, 3.05) is 20.8 Å². The summed E-state index contributed by atoms with van der Waals surface area (Å²) in [5.74, 6) is -1.58. The van der Waals surface area contributed by atoms with E-state index in [9.17, 15) is 17.2 Å². The first kappa shape index (κ1) is 22.8. The van der Waals surface area contributed by atoms with Crippen LogP contribution in [0, 0.1) is 11.6 Å². The van der Waals surface area contributed by atoms with E-state index in [0.29, 0.717) is 23.1 Å². The van der Waals surface area contributed by atoms with Crippen molar-refractivity contribution in [3.63, 3.8) is 0 Å². The quantitative estimate of drug-likeness (QED) is 0.394. The van der Waals surface area contributed by atoms with Crippen LogP contribution in [0.4, 0.5) is 8.78 Å². The zero-order chi connectivity index (χ0) is 23.6. The zero-order valence-corrected chi connectivity index (χ0v) is 18.7. The standard InChI is InChI=1S/C24H22F2N2O4S/c1-31-22-9-5-7-17(24(22)32-2)19(18-13-27-21-8-4-3-6-16(18)21)14-28-33(29,30)23-11-10-15(25)12-20(23)26/h3-13,19,27-28H,14H2,1-2H3. The molecule has 0 radical (unpaired) electrons. The number of H-pyrrole nitrogens is 1. The van der Waals surface area contributed by atoms with Crippen LogP contribution in [0.2, 0.25) is 0 Å². The van der Waals surface area contributed by atoms with Gasteiger partial charge in [0.25, 0.3) is 0 Å². The molecule has 3 aromatic carbocycles. The Balaban J connectivity index is 1.79. The molecule has 4 aromatic rings. The third-order valence-electron chi connectivity index (χ3n) is 5.47. The van der Waals surface area contributed by atoms with Crippen LogP contribution in [0.3, 0.4) is 0 Å². The molecule has 2 N–H and O–H groups in total. The normalized spacial score (nSPS) is 12.6. The van der Waals surface area contributed by atoms with Crippen molar-refractivity contribution >= 4 is 20.9 Å². The fraction of sp³-hybridized carbons (Fsp3) is 0.167. The fourth-order valence-electron chi connectivity index (χ4n) is 3.92. The summed E-state index contributed by atoms with van der Waals surface area (Å²) in [4.78, 5) is 2.57. The number of methoxy groups -OCH3 is 2. The molecule has 0 saturated carbocycles. The van der Waals surface area contributed by atoms with Crippen LogP contribution in [0.25, 0.3) is 10.9 Å². The third kappa shape index (κ3) is 4.42. The molecule has 0 fully saturated rings. The van der Waals surface area contributed by atoms with Gasteiger partial charge in [-0.15, -0.1) is 0 Å². The number of aromatic nitrogens is 1. The summed E-state index contributed by atoms with van der Waals surface area (Å²) in [5.41, 5.74) is 2.38. The summed E-state index contributed by atoms with van der Waals surface area (Å²) < 4.78 is 66.7. The summed E-state index contributed by atoms with van der Waals surface area (Å²) in [5, 5.41) is 0.902. The first-order valence-corrected chi connectivity index (χ1v) is 11.6. The number of benzene rings is 3. The topological polar surface area (TPSA) is 80.4 Å². The highest BCUT2D eigenvalue weighted by Crippen LogP contribution is 2.40. The van der Waals surface area contributed by atoms with Crippen LogP contribution in [0.15, 0.2) is 71.8 Å². The van der Waals surface area contributed by atoms with Crippen LogP contribution in [-0.4, -0.2) is 34.2 Å². The van der Waals surface area contributed by atoms with Crippen LogP contribution in [0.1, 0.15) is 17.0 Å². The van der Waals surface area contributed by atoms with E-state index >= 15 is 0 Å². The molecule has 0 bridgehead atoms. The number of aromatic amines is 1. The first-order valence-electron chi connectivity index (χ1n) is 10.1. The number of sulfonamides is 1. The van der Waals surface area contributed by atoms with Crippen molar-refractivity contribution < 1.29 is 26.7 Å². The van der Waals surface area contributed by atoms with E-state index in [0.717, 1.165) is 28.6 Å². The number of nitrogens with one attached hydrogen (secondary N) is 2. The van der Waals surface area contributed by atoms with E-state index in [-0.39, 0.29) is 6.54 Å². The molecule has 1 aromatic heterocycles. The zero-order valence-electron chi connectivity index (χ0n) is 17.9. The van der Waals surface area contributed by atoms with E-state index in [1.54, 1.807) is 18.3 Å². The number of hydrogen-bond acceptors (Lipinski definition) is 4. The smallest absolute Gasteiger partial charge is 0.243 e. The minimum atomic E-state index is -4.26. The lowest BCUT2D eigenvalue weighted by atomic mass is 9.90. The van der Waals surface area contributed by atoms with Crippen molar-refractivity contribution in [2.24, 2.45) is 0 Å². The maximum absolute atomic E-state index is 14.2. The predicted octanol–water partition coefficient (Wildman–Crippen LogP) is 4.57. The molecule has 172 valence electrons. The number of ether oxygens (including phenoxy) is 2. The second kappa shape index (κ2) is 9.21. The van der Waals surface area contributed by atoms with E-state index in [4.69, 9.17) is 9.47 Å². The fourth-order valence-corrected chi connectivity index (χ4v) is 5.02. The Morgan fingerprint density at radius 1 is 0.970 bits per heavy atom. The van der Waals surface area contributed by atoms with Crippen molar-refractivity contribution in [3.8, 4) is 11.5 Å². The molecular formula is C24H22F2N2O4S. The number of halogens is 2. The lowest BCUT2D eigenvalue weighted by Gasteiger charge is -2.22. The van der Waals surface area contributed by atoms with Gasteiger partial charge in [-0.3, -0.25) is 0 Å². The first-order chi connectivity index (χ1) is 15.9. The van der Waals surface area contributed by atoms with E-state index in [1.165, 1.54) is 14.2 Å². The second-order valence-electron chi connectivity index (χ2n) is 7.35. The second-order valence-corrected chi connectivity index (χ2v) is 9.09. The molecular weight excluding hydrogens is 450 g/mol. The Hall–Kier alpha value is -3.43. The maximum atomic E-state index is 14.2. The van der Waals surface area contributed by atoms with Crippen LogP contribution >= 0.6 is 0 Å². The average molecular weight is 473 g/mol. The van der Waals surface area contributed by atoms with E-state index in [1.807, 2.05) is 30.3 Å². The van der Waals surface area contributed by atoms with Crippen LogP contribution in [0.5, 0.6) is 11.5 Å². The number of rotatable bonds is 8.